The quantitative estimate of drug-likeness (QED) is 0.572. The number of carbonyl (C=O) groups is 1. The summed E-state index contributed by atoms with van der Waals surface area (Å²) in [4.78, 5) is 12.7. The van der Waals surface area contributed by atoms with Gasteiger partial charge in [0.1, 0.15) is 0 Å². The second kappa shape index (κ2) is 8.13. The van der Waals surface area contributed by atoms with Crippen LogP contribution in [0.2, 0.25) is 0 Å². The second-order valence-electron chi connectivity index (χ2n) is 6.11. The fourth-order valence-corrected chi connectivity index (χ4v) is 3.50. The molecule has 0 aliphatic heterocycles. The predicted molar refractivity (Wildman–Crippen MR) is 107 cm³/mol. The molecular weight excluding hydrogens is 374 g/mol. The average Bonchev–Trinajstić information content (AvgIpc) is 2.63. The normalized spacial score (nSPS) is 10.7. The summed E-state index contributed by atoms with van der Waals surface area (Å²) in [5.74, 6) is 0.0360. The molecule has 3 aromatic carbocycles. The van der Waals surface area contributed by atoms with Crippen LogP contribution < -0.4 is 5.32 Å². The molecule has 3 aromatic rings. The van der Waals surface area contributed by atoms with Gasteiger partial charge in [-0.2, -0.15) is 0 Å². The lowest BCUT2D eigenvalue weighted by molar-refractivity contribution is -0.116. The van der Waals surface area contributed by atoms with Crippen molar-refractivity contribution in [2.75, 3.05) is 5.32 Å². The molecule has 0 bridgehead atoms. The maximum atomic E-state index is 12.7. The Labute approximate surface area is 157 Å². The monoisotopic (exact) mass is 393 g/mol. The van der Waals surface area contributed by atoms with Crippen LogP contribution in [0.3, 0.4) is 0 Å². The molecule has 0 aromatic heterocycles. The first-order chi connectivity index (χ1) is 12.1. The molecule has 0 unspecified atom stereocenters. The fourth-order valence-electron chi connectivity index (χ4n) is 2.91. The highest BCUT2D eigenvalue weighted by molar-refractivity contribution is 9.10. The molecule has 0 fully saturated rings. The van der Waals surface area contributed by atoms with Crippen molar-refractivity contribution in [3.8, 4) is 0 Å². The lowest BCUT2D eigenvalue weighted by Gasteiger charge is -2.18. The molecule has 3 heteroatoms. The molecule has 25 heavy (non-hydrogen) atoms. The smallest absolute Gasteiger partial charge is 0.225 e. The van der Waals surface area contributed by atoms with E-state index in [0.717, 1.165) is 26.9 Å². The van der Waals surface area contributed by atoms with Gasteiger partial charge in [0.2, 0.25) is 5.91 Å². The Morgan fingerprint density at radius 3 is 2.00 bits per heavy atom. The highest BCUT2D eigenvalue weighted by atomic mass is 79.9. The molecule has 0 atom stereocenters. The van der Waals surface area contributed by atoms with Crippen LogP contribution >= 0.6 is 15.9 Å². The number of hydrogen-bond acceptors (Lipinski definition) is 1. The number of nitrogens with one attached hydrogen (secondary N) is 1. The van der Waals surface area contributed by atoms with E-state index in [1.54, 1.807) is 0 Å². The number of carbonyl (C=O) groups excluding carboxylic acids is 1. The van der Waals surface area contributed by atoms with Crippen LogP contribution in [0.25, 0.3) is 0 Å². The molecule has 126 valence electrons. The zero-order chi connectivity index (χ0) is 17.6. The largest absolute Gasteiger partial charge is 0.325 e. The zero-order valence-electron chi connectivity index (χ0n) is 14.1. The molecule has 2 nitrogen and oxygen atoms in total. The van der Waals surface area contributed by atoms with Crippen LogP contribution in [0.1, 0.15) is 29.0 Å². The lowest BCUT2D eigenvalue weighted by Crippen LogP contribution is -2.16. The Balaban J connectivity index is 1.82. The number of rotatable bonds is 5. The topological polar surface area (TPSA) is 29.1 Å². The van der Waals surface area contributed by atoms with Crippen LogP contribution in [0.15, 0.2) is 83.3 Å². The number of benzene rings is 3. The van der Waals surface area contributed by atoms with E-state index in [4.69, 9.17) is 0 Å². The first-order valence-corrected chi connectivity index (χ1v) is 9.08. The van der Waals surface area contributed by atoms with Crippen molar-refractivity contribution in [3.63, 3.8) is 0 Å². The van der Waals surface area contributed by atoms with Crippen molar-refractivity contribution in [3.05, 3.63) is 100 Å². The van der Waals surface area contributed by atoms with Gasteiger partial charge in [-0.05, 0) is 51.7 Å². The van der Waals surface area contributed by atoms with E-state index >= 15 is 0 Å². The number of aryl methyl sites for hydroxylation is 1. The zero-order valence-corrected chi connectivity index (χ0v) is 15.7. The van der Waals surface area contributed by atoms with E-state index in [9.17, 15) is 4.79 Å². The third-order valence-corrected chi connectivity index (χ3v) is 4.85. The van der Waals surface area contributed by atoms with E-state index in [-0.39, 0.29) is 11.8 Å². The molecule has 0 aliphatic carbocycles. The Morgan fingerprint density at radius 1 is 0.920 bits per heavy atom. The number of amides is 1. The number of hydrogen-bond donors (Lipinski definition) is 1. The predicted octanol–water partition coefficient (Wildman–Crippen LogP) is 5.92. The molecule has 1 N–H and O–H groups in total. The summed E-state index contributed by atoms with van der Waals surface area (Å²) < 4.78 is 0.900. The molecule has 0 saturated heterocycles. The molecule has 0 saturated carbocycles. The molecule has 0 spiro atoms. The van der Waals surface area contributed by atoms with Gasteiger partial charge in [0, 0.05) is 16.8 Å². The standard InChI is InChI=1S/C22H20BrNO/c1-16-12-13-21(20(23)14-16)24-22(25)15-19(17-8-4-2-5-9-17)18-10-6-3-7-11-18/h2-14,19H,15H2,1H3,(H,24,25). The first-order valence-electron chi connectivity index (χ1n) is 8.29. The summed E-state index contributed by atoms with van der Waals surface area (Å²) in [5.41, 5.74) is 4.24. The van der Waals surface area contributed by atoms with Crippen molar-refractivity contribution in [1.29, 1.82) is 0 Å². The van der Waals surface area contributed by atoms with Crippen LogP contribution in [0.5, 0.6) is 0 Å². The van der Waals surface area contributed by atoms with Crippen LogP contribution in [-0.2, 0) is 4.79 Å². The first kappa shape index (κ1) is 17.4. The second-order valence-corrected chi connectivity index (χ2v) is 6.96. The maximum Gasteiger partial charge on any atom is 0.225 e. The van der Waals surface area contributed by atoms with E-state index < -0.39 is 0 Å². The summed E-state index contributed by atoms with van der Waals surface area (Å²) >= 11 is 3.52. The van der Waals surface area contributed by atoms with Gasteiger partial charge in [-0.15, -0.1) is 0 Å². The molecule has 0 radical (unpaired) electrons. The SMILES string of the molecule is Cc1ccc(NC(=O)CC(c2ccccc2)c2ccccc2)c(Br)c1. The Hall–Kier alpha value is -2.39. The molecule has 1 amide bonds. The van der Waals surface area contributed by atoms with E-state index in [1.165, 1.54) is 0 Å². The summed E-state index contributed by atoms with van der Waals surface area (Å²) in [5, 5.41) is 3.02. The van der Waals surface area contributed by atoms with Crippen LogP contribution in [0, 0.1) is 6.92 Å². The van der Waals surface area contributed by atoms with Gasteiger partial charge in [-0.3, -0.25) is 4.79 Å². The lowest BCUT2D eigenvalue weighted by atomic mass is 9.88. The van der Waals surface area contributed by atoms with Gasteiger partial charge in [-0.1, -0.05) is 66.7 Å². The minimum absolute atomic E-state index is 0.00209. The molecule has 0 heterocycles. The van der Waals surface area contributed by atoms with E-state index in [2.05, 4.69) is 45.5 Å². The third-order valence-electron chi connectivity index (χ3n) is 4.19. The third kappa shape index (κ3) is 4.58. The van der Waals surface area contributed by atoms with Gasteiger partial charge >= 0.3 is 0 Å². The molecule has 3 rings (SSSR count). The summed E-state index contributed by atoms with van der Waals surface area (Å²) in [6.45, 7) is 2.02. The van der Waals surface area contributed by atoms with Crippen molar-refractivity contribution in [2.45, 2.75) is 19.3 Å². The summed E-state index contributed by atoms with van der Waals surface area (Å²) in [6, 6.07) is 26.3. The van der Waals surface area contributed by atoms with Gasteiger partial charge in [0.25, 0.3) is 0 Å². The van der Waals surface area contributed by atoms with Crippen molar-refractivity contribution < 1.29 is 4.79 Å². The van der Waals surface area contributed by atoms with Crippen molar-refractivity contribution in [2.24, 2.45) is 0 Å². The molecule has 0 aliphatic rings. The van der Waals surface area contributed by atoms with Crippen LogP contribution in [-0.4, -0.2) is 5.91 Å². The van der Waals surface area contributed by atoms with Gasteiger partial charge in [0.15, 0.2) is 0 Å². The Morgan fingerprint density at radius 2 is 1.48 bits per heavy atom. The van der Waals surface area contributed by atoms with Crippen molar-refractivity contribution in [1.82, 2.24) is 0 Å². The number of anilines is 1. The summed E-state index contributed by atoms with van der Waals surface area (Å²) in [6.07, 6.45) is 0.397. The Kier molecular flexibility index (Phi) is 5.67. The van der Waals surface area contributed by atoms with Crippen molar-refractivity contribution >= 4 is 27.5 Å². The van der Waals surface area contributed by atoms with Gasteiger partial charge in [0.05, 0.1) is 5.69 Å². The number of halogens is 1. The highest BCUT2D eigenvalue weighted by Crippen LogP contribution is 2.29. The van der Waals surface area contributed by atoms with Gasteiger partial charge in [-0.25, -0.2) is 0 Å². The Bertz CT molecular complexity index is 807. The average molecular weight is 394 g/mol. The van der Waals surface area contributed by atoms with E-state index in [0.29, 0.717) is 6.42 Å². The highest BCUT2D eigenvalue weighted by Gasteiger charge is 2.18. The maximum absolute atomic E-state index is 12.7. The van der Waals surface area contributed by atoms with Gasteiger partial charge < -0.3 is 5.32 Å². The minimum atomic E-state index is 0.00209. The van der Waals surface area contributed by atoms with Crippen LogP contribution in [0.4, 0.5) is 5.69 Å². The van der Waals surface area contributed by atoms with E-state index in [1.807, 2.05) is 61.5 Å². The fraction of sp³-hybridized carbons (Fsp3) is 0.136. The minimum Gasteiger partial charge on any atom is -0.325 e. The summed E-state index contributed by atoms with van der Waals surface area (Å²) in [7, 11) is 0. The molecular formula is C22H20BrNO.